The van der Waals surface area contributed by atoms with Crippen molar-refractivity contribution in [2.24, 2.45) is 0 Å². The second kappa shape index (κ2) is 7.61. The second-order valence-corrected chi connectivity index (χ2v) is 4.96. The zero-order valence-electron chi connectivity index (χ0n) is 11.0. The lowest BCUT2D eigenvalue weighted by atomic mass is 10.3. The van der Waals surface area contributed by atoms with Crippen molar-refractivity contribution in [2.75, 3.05) is 11.9 Å². The molecule has 0 aliphatic heterocycles. The van der Waals surface area contributed by atoms with Crippen LogP contribution in [0.1, 0.15) is 0 Å². The van der Waals surface area contributed by atoms with E-state index in [0.29, 0.717) is 10.8 Å². The SMILES string of the molecule is O=C(COc1ccc(Cl)cc1)NC(=S)Nc1ccccc1. The molecule has 4 nitrogen and oxygen atoms in total. The Bertz CT molecular complexity index is 617. The lowest BCUT2D eigenvalue weighted by Crippen LogP contribution is -2.37. The normalized spacial score (nSPS) is 9.76. The quantitative estimate of drug-likeness (QED) is 0.849. The number of ether oxygens (including phenoxy) is 1. The van der Waals surface area contributed by atoms with E-state index in [-0.39, 0.29) is 17.6 Å². The number of nitrogens with one attached hydrogen (secondary N) is 2. The molecule has 0 aromatic heterocycles. The summed E-state index contributed by atoms with van der Waals surface area (Å²) >= 11 is 10.8. The number of benzene rings is 2. The molecular weight excluding hydrogens is 308 g/mol. The van der Waals surface area contributed by atoms with E-state index < -0.39 is 0 Å². The third kappa shape index (κ3) is 5.41. The smallest absolute Gasteiger partial charge is 0.264 e. The largest absolute Gasteiger partial charge is 0.484 e. The van der Waals surface area contributed by atoms with Crippen LogP contribution in [0.3, 0.4) is 0 Å². The highest BCUT2D eigenvalue weighted by atomic mass is 35.5. The van der Waals surface area contributed by atoms with Crippen LogP contribution in [0, 0.1) is 0 Å². The Labute approximate surface area is 133 Å². The fraction of sp³-hybridized carbons (Fsp3) is 0.0667. The summed E-state index contributed by atoms with van der Waals surface area (Å²) in [6, 6.07) is 16.1. The topological polar surface area (TPSA) is 50.4 Å². The molecule has 2 aromatic carbocycles. The van der Waals surface area contributed by atoms with Crippen LogP contribution in [0.4, 0.5) is 5.69 Å². The number of carbonyl (C=O) groups excluding carboxylic acids is 1. The van der Waals surface area contributed by atoms with Crippen molar-refractivity contribution in [3.8, 4) is 5.75 Å². The summed E-state index contributed by atoms with van der Waals surface area (Å²) in [5.41, 5.74) is 0.807. The second-order valence-electron chi connectivity index (χ2n) is 4.11. The molecule has 0 aliphatic rings. The van der Waals surface area contributed by atoms with E-state index in [4.69, 9.17) is 28.6 Å². The molecule has 6 heteroatoms. The third-order valence-electron chi connectivity index (χ3n) is 2.47. The predicted molar refractivity (Wildman–Crippen MR) is 87.8 cm³/mol. The molecule has 0 saturated carbocycles. The van der Waals surface area contributed by atoms with Gasteiger partial charge in [-0.25, -0.2) is 0 Å². The molecule has 0 unspecified atom stereocenters. The molecular formula is C15H13ClN2O2S. The monoisotopic (exact) mass is 320 g/mol. The standard InChI is InChI=1S/C15H13ClN2O2S/c16-11-6-8-13(9-7-11)20-10-14(19)18-15(21)17-12-4-2-1-3-5-12/h1-9H,10H2,(H2,17,18,19,21). The van der Waals surface area contributed by atoms with Crippen LogP contribution in [0.25, 0.3) is 0 Å². The first kappa shape index (κ1) is 15.3. The molecule has 0 bridgehead atoms. The van der Waals surface area contributed by atoms with Crippen LogP contribution < -0.4 is 15.4 Å². The molecule has 0 heterocycles. The van der Waals surface area contributed by atoms with Gasteiger partial charge >= 0.3 is 0 Å². The van der Waals surface area contributed by atoms with Crippen molar-refractivity contribution in [3.05, 3.63) is 59.6 Å². The van der Waals surface area contributed by atoms with Crippen LogP contribution in [-0.2, 0) is 4.79 Å². The Morgan fingerprint density at radius 2 is 1.76 bits per heavy atom. The van der Waals surface area contributed by atoms with E-state index >= 15 is 0 Å². The van der Waals surface area contributed by atoms with Crippen molar-refractivity contribution >= 4 is 40.5 Å². The Balaban J connectivity index is 1.76. The van der Waals surface area contributed by atoms with Gasteiger partial charge in [0.15, 0.2) is 11.7 Å². The van der Waals surface area contributed by atoms with Gasteiger partial charge in [-0.05, 0) is 48.6 Å². The molecule has 0 fully saturated rings. The van der Waals surface area contributed by atoms with E-state index in [1.54, 1.807) is 24.3 Å². The van der Waals surface area contributed by atoms with E-state index in [0.717, 1.165) is 5.69 Å². The van der Waals surface area contributed by atoms with Gasteiger partial charge in [-0.2, -0.15) is 0 Å². The predicted octanol–water partition coefficient (Wildman–Crippen LogP) is 3.23. The summed E-state index contributed by atoms with van der Waals surface area (Å²) in [5, 5.41) is 6.28. The summed E-state index contributed by atoms with van der Waals surface area (Å²) in [6.07, 6.45) is 0. The van der Waals surface area contributed by atoms with E-state index in [2.05, 4.69) is 10.6 Å². The fourth-order valence-corrected chi connectivity index (χ4v) is 1.88. The Kier molecular flexibility index (Phi) is 5.54. The van der Waals surface area contributed by atoms with Gasteiger partial charge in [0.1, 0.15) is 5.75 Å². The van der Waals surface area contributed by atoms with Gasteiger partial charge in [0.25, 0.3) is 5.91 Å². The molecule has 1 amide bonds. The fourth-order valence-electron chi connectivity index (χ4n) is 1.53. The van der Waals surface area contributed by atoms with Crippen LogP contribution >= 0.6 is 23.8 Å². The molecule has 0 aliphatic carbocycles. The van der Waals surface area contributed by atoms with E-state index in [1.807, 2.05) is 30.3 Å². The van der Waals surface area contributed by atoms with Gasteiger partial charge < -0.3 is 10.1 Å². The molecule has 2 N–H and O–H groups in total. The van der Waals surface area contributed by atoms with Crippen molar-refractivity contribution in [3.63, 3.8) is 0 Å². The minimum Gasteiger partial charge on any atom is -0.484 e. The molecule has 108 valence electrons. The zero-order chi connectivity index (χ0) is 15.1. The first-order valence-corrected chi connectivity index (χ1v) is 6.96. The molecule has 21 heavy (non-hydrogen) atoms. The molecule has 0 spiro atoms. The number of anilines is 1. The Morgan fingerprint density at radius 1 is 1.10 bits per heavy atom. The molecule has 0 saturated heterocycles. The van der Waals surface area contributed by atoms with Gasteiger partial charge in [0.05, 0.1) is 0 Å². The van der Waals surface area contributed by atoms with Gasteiger partial charge in [0.2, 0.25) is 0 Å². The van der Waals surface area contributed by atoms with Gasteiger partial charge in [-0.15, -0.1) is 0 Å². The number of hydrogen-bond acceptors (Lipinski definition) is 3. The number of carbonyl (C=O) groups is 1. The van der Waals surface area contributed by atoms with E-state index in [1.165, 1.54) is 0 Å². The molecule has 2 rings (SSSR count). The maximum Gasteiger partial charge on any atom is 0.264 e. The number of rotatable bonds is 4. The van der Waals surface area contributed by atoms with Crippen molar-refractivity contribution in [2.45, 2.75) is 0 Å². The third-order valence-corrected chi connectivity index (χ3v) is 2.92. The summed E-state index contributed by atoms with van der Waals surface area (Å²) in [7, 11) is 0. The summed E-state index contributed by atoms with van der Waals surface area (Å²) in [5.74, 6) is 0.231. The minimum absolute atomic E-state index is 0.127. The van der Waals surface area contributed by atoms with Gasteiger partial charge in [-0.1, -0.05) is 29.8 Å². The van der Waals surface area contributed by atoms with Crippen molar-refractivity contribution in [1.82, 2.24) is 5.32 Å². The lowest BCUT2D eigenvalue weighted by Gasteiger charge is -2.10. The molecule has 0 radical (unpaired) electrons. The van der Waals surface area contributed by atoms with Crippen molar-refractivity contribution in [1.29, 1.82) is 0 Å². The highest BCUT2D eigenvalue weighted by molar-refractivity contribution is 7.80. The first-order chi connectivity index (χ1) is 10.1. The number of thiocarbonyl (C=S) groups is 1. The number of para-hydroxylation sites is 1. The number of hydrogen-bond donors (Lipinski definition) is 2. The van der Waals surface area contributed by atoms with Gasteiger partial charge in [-0.3, -0.25) is 10.1 Å². The number of halogens is 1. The summed E-state index contributed by atoms with van der Waals surface area (Å²) in [6.45, 7) is -0.127. The van der Waals surface area contributed by atoms with Crippen LogP contribution in [-0.4, -0.2) is 17.6 Å². The first-order valence-electron chi connectivity index (χ1n) is 6.18. The molecule has 2 aromatic rings. The van der Waals surface area contributed by atoms with Crippen LogP contribution in [0.5, 0.6) is 5.75 Å². The highest BCUT2D eigenvalue weighted by Crippen LogP contribution is 2.15. The van der Waals surface area contributed by atoms with Gasteiger partial charge in [0, 0.05) is 10.7 Å². The van der Waals surface area contributed by atoms with Crippen LogP contribution in [0.2, 0.25) is 5.02 Å². The Morgan fingerprint density at radius 3 is 2.43 bits per heavy atom. The number of amides is 1. The summed E-state index contributed by atoms with van der Waals surface area (Å²) < 4.78 is 5.32. The average Bonchev–Trinajstić information content (AvgIpc) is 2.47. The zero-order valence-corrected chi connectivity index (χ0v) is 12.6. The summed E-state index contributed by atoms with van der Waals surface area (Å²) in [4.78, 5) is 11.7. The highest BCUT2D eigenvalue weighted by Gasteiger charge is 2.06. The lowest BCUT2D eigenvalue weighted by molar-refractivity contribution is -0.121. The minimum atomic E-state index is -0.335. The average molecular weight is 321 g/mol. The van der Waals surface area contributed by atoms with E-state index in [9.17, 15) is 4.79 Å². The van der Waals surface area contributed by atoms with Crippen molar-refractivity contribution < 1.29 is 9.53 Å². The van der Waals surface area contributed by atoms with Crippen LogP contribution in [0.15, 0.2) is 54.6 Å². The maximum atomic E-state index is 11.7. The maximum absolute atomic E-state index is 11.7. The Hall–Kier alpha value is -2.11. The molecule has 0 atom stereocenters.